The summed E-state index contributed by atoms with van der Waals surface area (Å²) in [5.41, 5.74) is 0.948. The molecule has 3 saturated heterocycles. The summed E-state index contributed by atoms with van der Waals surface area (Å²) in [6, 6.07) is 11.8. The van der Waals surface area contributed by atoms with Gasteiger partial charge in [0.05, 0.1) is 12.5 Å². The number of carbonyl (C=O) groups is 4. The van der Waals surface area contributed by atoms with Gasteiger partial charge in [0.25, 0.3) is 0 Å². The van der Waals surface area contributed by atoms with E-state index in [4.69, 9.17) is 16.3 Å². The van der Waals surface area contributed by atoms with Crippen LogP contribution in [0.4, 0.5) is 9.18 Å². The number of amides is 4. The molecule has 1 N–H and O–H groups in total. The number of halogens is 2. The van der Waals surface area contributed by atoms with Crippen LogP contribution in [0.3, 0.4) is 0 Å². The van der Waals surface area contributed by atoms with Crippen molar-refractivity contribution in [3.05, 3.63) is 64.9 Å². The summed E-state index contributed by atoms with van der Waals surface area (Å²) in [7, 11) is 1.64. The fourth-order valence-electron chi connectivity index (χ4n) is 5.54. The maximum atomic E-state index is 13.6. The van der Waals surface area contributed by atoms with Gasteiger partial charge in [0.1, 0.15) is 17.6 Å². The Kier molecular flexibility index (Phi) is 7.74. The Balaban J connectivity index is 1.26. The lowest BCUT2D eigenvalue weighted by Crippen LogP contribution is -2.59. The van der Waals surface area contributed by atoms with Crippen molar-refractivity contribution in [1.82, 2.24) is 20.0 Å². The summed E-state index contributed by atoms with van der Waals surface area (Å²) in [5, 5.41) is 3.20. The van der Waals surface area contributed by atoms with Crippen LogP contribution in [0.5, 0.6) is 5.75 Å². The quantitative estimate of drug-likeness (QED) is 0.571. The van der Waals surface area contributed by atoms with Crippen molar-refractivity contribution < 1.29 is 28.3 Å². The van der Waals surface area contributed by atoms with Crippen molar-refractivity contribution in [2.24, 2.45) is 5.92 Å². The number of rotatable bonds is 5. The molecule has 5 rings (SSSR count). The molecule has 3 heterocycles. The van der Waals surface area contributed by atoms with Crippen molar-refractivity contribution in [1.29, 1.82) is 0 Å². The van der Waals surface area contributed by atoms with Crippen molar-refractivity contribution in [2.45, 2.75) is 37.3 Å². The summed E-state index contributed by atoms with van der Waals surface area (Å²) in [4.78, 5) is 55.3. The Labute approximate surface area is 230 Å². The van der Waals surface area contributed by atoms with Gasteiger partial charge in [0.2, 0.25) is 17.7 Å². The van der Waals surface area contributed by atoms with Gasteiger partial charge in [-0.25, -0.2) is 9.18 Å². The van der Waals surface area contributed by atoms with Crippen LogP contribution in [0.25, 0.3) is 0 Å². The van der Waals surface area contributed by atoms with E-state index in [1.807, 2.05) is 12.1 Å². The number of likely N-dealkylation sites (tertiary alicyclic amines) is 2. The van der Waals surface area contributed by atoms with Gasteiger partial charge in [-0.05, 0) is 54.8 Å². The lowest BCUT2D eigenvalue weighted by Gasteiger charge is -2.37. The van der Waals surface area contributed by atoms with E-state index in [0.29, 0.717) is 44.0 Å². The average molecular weight is 557 g/mol. The minimum Gasteiger partial charge on any atom is -0.410 e. The number of hydrogen-bond acceptors (Lipinski definition) is 5. The van der Waals surface area contributed by atoms with Gasteiger partial charge < -0.3 is 24.8 Å². The molecular weight excluding hydrogens is 527 g/mol. The van der Waals surface area contributed by atoms with Crippen LogP contribution < -0.4 is 10.1 Å². The molecule has 206 valence electrons. The molecule has 3 aliphatic rings. The number of hydrogen-bond donors (Lipinski definition) is 1. The van der Waals surface area contributed by atoms with Gasteiger partial charge >= 0.3 is 6.09 Å². The highest BCUT2D eigenvalue weighted by molar-refractivity contribution is 6.30. The Hall–Kier alpha value is -3.66. The second-order valence-electron chi connectivity index (χ2n) is 10.3. The first kappa shape index (κ1) is 26.9. The van der Waals surface area contributed by atoms with Gasteiger partial charge in [-0.1, -0.05) is 23.7 Å². The molecule has 0 saturated carbocycles. The third kappa shape index (κ3) is 5.85. The molecule has 39 heavy (non-hydrogen) atoms. The molecule has 2 aromatic carbocycles. The van der Waals surface area contributed by atoms with Crippen molar-refractivity contribution in [2.75, 3.05) is 33.2 Å². The molecule has 0 aliphatic carbocycles. The SMILES string of the molecule is CN(C(=O)Oc1ccc(F)cc1)[C@@H]1CN(C(=O)C2CCN(C(=O)[C@@H]3CC(=O)N3)CC2)C[C@H]1c1ccc(Cl)cc1. The first-order valence-corrected chi connectivity index (χ1v) is 13.4. The number of piperidine rings is 1. The maximum absolute atomic E-state index is 13.6. The molecule has 0 radical (unpaired) electrons. The largest absolute Gasteiger partial charge is 0.415 e. The smallest absolute Gasteiger partial charge is 0.410 e. The minimum absolute atomic E-state index is 0.000751. The number of benzene rings is 2. The van der Waals surface area contributed by atoms with Crippen LogP contribution in [-0.4, -0.2) is 83.8 Å². The molecule has 0 unspecified atom stereocenters. The highest BCUT2D eigenvalue weighted by Crippen LogP contribution is 2.34. The van der Waals surface area contributed by atoms with E-state index in [-0.39, 0.29) is 47.8 Å². The van der Waals surface area contributed by atoms with Crippen LogP contribution in [0.2, 0.25) is 5.02 Å². The zero-order valence-electron chi connectivity index (χ0n) is 21.5. The van der Waals surface area contributed by atoms with E-state index >= 15 is 0 Å². The van der Waals surface area contributed by atoms with Gasteiger partial charge in [0, 0.05) is 50.1 Å². The van der Waals surface area contributed by atoms with E-state index in [9.17, 15) is 23.6 Å². The summed E-state index contributed by atoms with van der Waals surface area (Å²) >= 11 is 6.10. The predicted octanol–water partition coefficient (Wildman–Crippen LogP) is 3.03. The molecule has 0 bridgehead atoms. The zero-order chi connectivity index (χ0) is 27.7. The average Bonchev–Trinajstić information content (AvgIpc) is 3.37. The molecular formula is C28H30ClFN4O5. The molecule has 11 heteroatoms. The highest BCUT2D eigenvalue weighted by Gasteiger charge is 2.43. The van der Waals surface area contributed by atoms with Crippen molar-refractivity contribution in [3.63, 3.8) is 0 Å². The van der Waals surface area contributed by atoms with Crippen molar-refractivity contribution >= 4 is 35.4 Å². The summed E-state index contributed by atoms with van der Waals surface area (Å²) in [5.74, 6) is -0.812. The van der Waals surface area contributed by atoms with Crippen LogP contribution in [0.1, 0.15) is 30.7 Å². The molecule has 0 spiro atoms. The Bertz CT molecular complexity index is 1240. The lowest BCUT2D eigenvalue weighted by molar-refractivity contribution is -0.146. The number of nitrogens with one attached hydrogen (secondary N) is 1. The van der Waals surface area contributed by atoms with Gasteiger partial charge in [-0.15, -0.1) is 0 Å². The van der Waals surface area contributed by atoms with Crippen LogP contribution >= 0.6 is 11.6 Å². The first-order chi connectivity index (χ1) is 18.7. The maximum Gasteiger partial charge on any atom is 0.415 e. The molecule has 4 amide bonds. The fourth-order valence-corrected chi connectivity index (χ4v) is 5.67. The number of carbonyl (C=O) groups excluding carboxylic acids is 4. The molecule has 3 fully saturated rings. The standard InChI is InChI=1S/C28H30ClFN4O5/c1-32(28(38)39-21-8-6-20(30)7-9-21)24-16-34(15-22(24)17-2-4-19(29)5-3-17)26(36)18-10-12-33(13-11-18)27(37)23-14-25(35)31-23/h2-9,18,22-24H,10-16H2,1H3,(H,31,35)/t22-,23-,24+/m0/s1. The summed E-state index contributed by atoms with van der Waals surface area (Å²) < 4.78 is 18.7. The number of ether oxygens (including phenoxy) is 1. The Morgan fingerprint density at radius 2 is 1.62 bits per heavy atom. The van der Waals surface area contributed by atoms with E-state index in [2.05, 4.69) is 5.32 Å². The van der Waals surface area contributed by atoms with Gasteiger partial charge in [0.15, 0.2) is 0 Å². The molecule has 9 nitrogen and oxygen atoms in total. The molecule has 3 atom stereocenters. The number of β-lactam (4-membered cyclic amide) rings is 1. The third-order valence-electron chi connectivity index (χ3n) is 7.88. The third-order valence-corrected chi connectivity index (χ3v) is 8.13. The topological polar surface area (TPSA) is 99.3 Å². The van der Waals surface area contributed by atoms with Crippen LogP contribution in [0.15, 0.2) is 48.5 Å². The molecule has 0 aromatic heterocycles. The van der Waals surface area contributed by atoms with E-state index in [1.165, 1.54) is 29.2 Å². The first-order valence-electron chi connectivity index (χ1n) is 13.0. The second-order valence-corrected chi connectivity index (χ2v) is 10.8. The van der Waals surface area contributed by atoms with Crippen LogP contribution in [0, 0.1) is 11.7 Å². The lowest BCUT2D eigenvalue weighted by atomic mass is 9.93. The van der Waals surface area contributed by atoms with Gasteiger partial charge in [-0.3, -0.25) is 14.4 Å². The van der Waals surface area contributed by atoms with Crippen LogP contribution in [-0.2, 0) is 14.4 Å². The Morgan fingerprint density at radius 3 is 2.23 bits per heavy atom. The number of likely N-dealkylation sites (N-methyl/N-ethyl adjacent to an activating group) is 1. The summed E-state index contributed by atoms with van der Waals surface area (Å²) in [6.07, 6.45) is 0.701. The Morgan fingerprint density at radius 1 is 0.974 bits per heavy atom. The zero-order valence-corrected chi connectivity index (χ0v) is 22.3. The van der Waals surface area contributed by atoms with E-state index in [1.54, 1.807) is 29.0 Å². The molecule has 3 aliphatic heterocycles. The van der Waals surface area contributed by atoms with Crippen molar-refractivity contribution in [3.8, 4) is 5.75 Å². The monoisotopic (exact) mass is 556 g/mol. The number of nitrogens with zero attached hydrogens (tertiary/aromatic N) is 3. The predicted molar refractivity (Wildman–Crippen MR) is 141 cm³/mol. The fraction of sp³-hybridized carbons (Fsp3) is 0.429. The van der Waals surface area contributed by atoms with Gasteiger partial charge in [-0.2, -0.15) is 0 Å². The van der Waals surface area contributed by atoms with E-state index in [0.717, 1.165) is 5.56 Å². The van der Waals surface area contributed by atoms with E-state index < -0.39 is 18.0 Å². The normalized spacial score (nSPS) is 23.2. The summed E-state index contributed by atoms with van der Waals surface area (Å²) in [6.45, 7) is 1.67. The molecule has 2 aromatic rings. The highest BCUT2D eigenvalue weighted by atomic mass is 35.5. The second kappa shape index (κ2) is 11.2. The minimum atomic E-state index is -0.602.